The van der Waals surface area contributed by atoms with Gasteiger partial charge in [-0.15, -0.1) is 11.3 Å². The third-order valence-corrected chi connectivity index (χ3v) is 7.10. The molecule has 1 atom stereocenters. The van der Waals surface area contributed by atoms with E-state index in [-0.39, 0.29) is 6.04 Å². The van der Waals surface area contributed by atoms with Crippen LogP contribution in [0.1, 0.15) is 42.2 Å². The van der Waals surface area contributed by atoms with E-state index >= 15 is 0 Å². The van der Waals surface area contributed by atoms with Crippen LogP contribution in [-0.2, 0) is 10.0 Å². The molecular formula is C17H21NO2S2. The molecule has 1 saturated heterocycles. The molecule has 0 bridgehead atoms. The summed E-state index contributed by atoms with van der Waals surface area (Å²) < 4.78 is 27.9. The first kappa shape index (κ1) is 15.7. The van der Waals surface area contributed by atoms with Crippen molar-refractivity contribution in [2.24, 2.45) is 0 Å². The second kappa shape index (κ2) is 6.52. The predicted molar refractivity (Wildman–Crippen MR) is 90.6 cm³/mol. The lowest BCUT2D eigenvalue weighted by atomic mass is 10.1. The molecule has 0 aliphatic carbocycles. The molecule has 0 N–H and O–H groups in total. The lowest BCUT2D eigenvalue weighted by molar-refractivity contribution is 0.333. The van der Waals surface area contributed by atoms with E-state index in [1.807, 2.05) is 30.5 Å². The first-order chi connectivity index (χ1) is 10.6. The second-order valence-corrected chi connectivity index (χ2v) is 8.68. The number of sulfonamides is 1. The fraction of sp³-hybridized carbons (Fsp3) is 0.412. The highest BCUT2D eigenvalue weighted by Crippen LogP contribution is 2.36. The Morgan fingerprint density at radius 2 is 1.86 bits per heavy atom. The van der Waals surface area contributed by atoms with Gasteiger partial charge < -0.3 is 0 Å². The summed E-state index contributed by atoms with van der Waals surface area (Å²) >= 11 is 1.65. The summed E-state index contributed by atoms with van der Waals surface area (Å²) in [5.74, 6) is 0. The summed E-state index contributed by atoms with van der Waals surface area (Å²) in [7, 11) is -3.44. The average molecular weight is 335 g/mol. The van der Waals surface area contributed by atoms with Gasteiger partial charge in [0.25, 0.3) is 0 Å². The highest BCUT2D eigenvalue weighted by molar-refractivity contribution is 7.89. The summed E-state index contributed by atoms with van der Waals surface area (Å²) in [5.41, 5.74) is 1.07. The number of benzene rings is 1. The van der Waals surface area contributed by atoms with Crippen LogP contribution in [0.3, 0.4) is 0 Å². The smallest absolute Gasteiger partial charge is 0.207 e. The topological polar surface area (TPSA) is 37.4 Å². The van der Waals surface area contributed by atoms with E-state index in [2.05, 4.69) is 6.07 Å². The zero-order valence-corrected chi connectivity index (χ0v) is 14.4. The molecule has 1 aliphatic heterocycles. The molecule has 1 fully saturated rings. The predicted octanol–water partition coefficient (Wildman–Crippen LogP) is 4.36. The van der Waals surface area contributed by atoms with Crippen molar-refractivity contribution < 1.29 is 8.42 Å². The Kier molecular flexibility index (Phi) is 4.66. The molecule has 1 aliphatic rings. The van der Waals surface area contributed by atoms with Crippen LogP contribution < -0.4 is 0 Å². The van der Waals surface area contributed by atoms with Crippen LogP contribution in [0, 0.1) is 6.92 Å². The average Bonchev–Trinajstić information content (AvgIpc) is 2.91. The summed E-state index contributed by atoms with van der Waals surface area (Å²) in [6.45, 7) is 2.58. The Morgan fingerprint density at radius 3 is 2.55 bits per heavy atom. The Bertz CT molecular complexity index is 706. The van der Waals surface area contributed by atoms with Crippen molar-refractivity contribution in [1.29, 1.82) is 0 Å². The monoisotopic (exact) mass is 335 g/mol. The van der Waals surface area contributed by atoms with Crippen LogP contribution in [0.2, 0.25) is 0 Å². The maximum absolute atomic E-state index is 13.1. The van der Waals surface area contributed by atoms with E-state index < -0.39 is 10.0 Å². The third kappa shape index (κ3) is 3.12. The molecule has 3 nitrogen and oxygen atoms in total. The van der Waals surface area contributed by atoms with E-state index in [0.29, 0.717) is 11.4 Å². The third-order valence-electron chi connectivity index (χ3n) is 4.20. The Balaban J connectivity index is 1.99. The zero-order valence-electron chi connectivity index (χ0n) is 12.7. The Morgan fingerprint density at radius 1 is 1.09 bits per heavy atom. The van der Waals surface area contributed by atoms with E-state index in [4.69, 9.17) is 0 Å². The summed E-state index contributed by atoms with van der Waals surface area (Å²) in [4.78, 5) is 1.55. The van der Waals surface area contributed by atoms with Crippen molar-refractivity contribution >= 4 is 21.4 Å². The van der Waals surface area contributed by atoms with Gasteiger partial charge >= 0.3 is 0 Å². The van der Waals surface area contributed by atoms with Gasteiger partial charge in [-0.2, -0.15) is 4.31 Å². The van der Waals surface area contributed by atoms with E-state index in [1.54, 1.807) is 27.8 Å². The van der Waals surface area contributed by atoms with Crippen LogP contribution in [0.15, 0.2) is 46.7 Å². The highest BCUT2D eigenvalue weighted by atomic mass is 32.2. The van der Waals surface area contributed by atoms with Crippen LogP contribution >= 0.6 is 11.3 Å². The van der Waals surface area contributed by atoms with Crippen molar-refractivity contribution in [3.05, 3.63) is 52.2 Å². The lowest BCUT2D eigenvalue weighted by Gasteiger charge is -2.28. The fourth-order valence-electron chi connectivity index (χ4n) is 2.98. The second-order valence-electron chi connectivity index (χ2n) is 5.81. The van der Waals surface area contributed by atoms with Crippen molar-refractivity contribution in [3.63, 3.8) is 0 Å². The lowest BCUT2D eigenvalue weighted by Crippen LogP contribution is -2.34. The molecule has 1 aromatic carbocycles. The standard InChI is InChI=1S/C17H21NO2S2/c1-14-8-10-15(11-9-14)22(19,20)18-12-4-2-3-6-16(18)17-7-5-13-21-17/h5,7-11,13,16H,2-4,6,12H2,1H3/t16-/m1/s1. The minimum absolute atomic E-state index is 0.0196. The summed E-state index contributed by atoms with van der Waals surface area (Å²) in [6.07, 6.45) is 4.03. The summed E-state index contributed by atoms with van der Waals surface area (Å²) in [6, 6.07) is 11.2. The number of aryl methyl sites for hydroxylation is 1. The van der Waals surface area contributed by atoms with E-state index in [9.17, 15) is 8.42 Å². The number of rotatable bonds is 3. The molecular weight excluding hydrogens is 314 g/mol. The maximum Gasteiger partial charge on any atom is 0.243 e. The van der Waals surface area contributed by atoms with Crippen LogP contribution in [0.5, 0.6) is 0 Å². The molecule has 3 rings (SSSR count). The molecule has 0 amide bonds. The van der Waals surface area contributed by atoms with Crippen LogP contribution in [0.25, 0.3) is 0 Å². The fourth-order valence-corrected chi connectivity index (χ4v) is 5.59. The van der Waals surface area contributed by atoms with Crippen molar-refractivity contribution in [2.45, 2.75) is 43.5 Å². The number of hydrogen-bond donors (Lipinski definition) is 0. The molecule has 2 aromatic rings. The van der Waals surface area contributed by atoms with Gasteiger partial charge in [-0.25, -0.2) is 8.42 Å². The van der Waals surface area contributed by atoms with E-state index in [0.717, 1.165) is 36.1 Å². The molecule has 0 spiro atoms. The largest absolute Gasteiger partial charge is 0.243 e. The summed E-state index contributed by atoms with van der Waals surface area (Å²) in [5, 5.41) is 2.02. The SMILES string of the molecule is Cc1ccc(S(=O)(=O)N2CCCCC[C@@H]2c2cccs2)cc1. The van der Waals surface area contributed by atoms with Crippen molar-refractivity contribution in [1.82, 2.24) is 4.31 Å². The van der Waals surface area contributed by atoms with Gasteiger partial charge in [-0.05, 0) is 43.3 Å². The number of thiophene rings is 1. The minimum atomic E-state index is -3.44. The normalized spacial score (nSPS) is 20.7. The van der Waals surface area contributed by atoms with Gasteiger partial charge in [0.1, 0.15) is 0 Å². The van der Waals surface area contributed by atoms with Gasteiger partial charge in [-0.1, -0.05) is 36.6 Å². The number of nitrogens with zero attached hydrogens (tertiary/aromatic N) is 1. The molecule has 22 heavy (non-hydrogen) atoms. The van der Waals surface area contributed by atoms with Crippen LogP contribution in [-0.4, -0.2) is 19.3 Å². The molecule has 5 heteroatoms. The molecule has 2 heterocycles. The minimum Gasteiger partial charge on any atom is -0.207 e. The first-order valence-electron chi connectivity index (χ1n) is 7.71. The van der Waals surface area contributed by atoms with E-state index in [1.165, 1.54) is 0 Å². The first-order valence-corrected chi connectivity index (χ1v) is 10.0. The van der Waals surface area contributed by atoms with Gasteiger partial charge in [0.2, 0.25) is 10.0 Å². The van der Waals surface area contributed by atoms with Gasteiger partial charge in [0.15, 0.2) is 0 Å². The molecule has 0 saturated carbocycles. The quantitative estimate of drug-likeness (QED) is 0.835. The zero-order chi connectivity index (χ0) is 15.6. The molecule has 118 valence electrons. The maximum atomic E-state index is 13.1. The van der Waals surface area contributed by atoms with Gasteiger partial charge in [0.05, 0.1) is 10.9 Å². The molecule has 1 aromatic heterocycles. The van der Waals surface area contributed by atoms with Gasteiger partial charge in [-0.3, -0.25) is 0 Å². The van der Waals surface area contributed by atoms with Gasteiger partial charge in [0, 0.05) is 11.4 Å². The molecule has 0 unspecified atom stereocenters. The van der Waals surface area contributed by atoms with Crippen molar-refractivity contribution in [2.75, 3.05) is 6.54 Å². The number of hydrogen-bond acceptors (Lipinski definition) is 3. The highest BCUT2D eigenvalue weighted by Gasteiger charge is 2.33. The van der Waals surface area contributed by atoms with Crippen LogP contribution in [0.4, 0.5) is 0 Å². The molecule has 0 radical (unpaired) electrons. The Labute approximate surface area is 136 Å². The van der Waals surface area contributed by atoms with Crippen molar-refractivity contribution in [3.8, 4) is 0 Å². The Hall–Kier alpha value is -1.17.